The molecule has 0 unspecified atom stereocenters. The summed E-state index contributed by atoms with van der Waals surface area (Å²) >= 11 is 5.49. The molecule has 0 spiro atoms. The Morgan fingerprint density at radius 3 is 2.25 bits per heavy atom. The monoisotopic (exact) mass is 409 g/mol. The molecule has 0 saturated carbocycles. The van der Waals surface area contributed by atoms with Crippen LogP contribution in [0.2, 0.25) is 0 Å². The third kappa shape index (κ3) is 4.79. The number of nitrogens with one attached hydrogen (secondary N) is 2. The molecular weight excluding hydrogens is 378 g/mol. The Hall–Kier alpha value is -2.22. The van der Waals surface area contributed by atoms with E-state index in [0.717, 1.165) is 18.5 Å². The smallest absolute Gasteiger partial charge is 0.225 e. The van der Waals surface area contributed by atoms with Gasteiger partial charge in [-0.3, -0.25) is 4.79 Å². The fraction of sp³-hybridized carbons (Fsp3) is 0.600. The molecule has 156 valence electrons. The van der Waals surface area contributed by atoms with Crippen LogP contribution in [0.15, 0.2) is 12.1 Å². The van der Waals surface area contributed by atoms with Gasteiger partial charge in [-0.15, -0.1) is 0 Å². The molecule has 2 N–H and O–H groups in total. The molecule has 28 heavy (non-hydrogen) atoms. The van der Waals surface area contributed by atoms with Gasteiger partial charge in [0.25, 0.3) is 0 Å². The van der Waals surface area contributed by atoms with Crippen LogP contribution in [0.4, 0.5) is 0 Å². The maximum absolute atomic E-state index is 12.9. The normalized spacial score (nSPS) is 18.5. The highest BCUT2D eigenvalue weighted by molar-refractivity contribution is 7.80. The Balaban J connectivity index is 2.40. The van der Waals surface area contributed by atoms with Gasteiger partial charge < -0.3 is 29.7 Å². The van der Waals surface area contributed by atoms with Gasteiger partial charge in [-0.1, -0.05) is 6.92 Å². The number of benzene rings is 1. The lowest BCUT2D eigenvalue weighted by molar-refractivity contribution is -0.124. The third-order valence-electron chi connectivity index (χ3n) is 4.94. The van der Waals surface area contributed by atoms with Crippen molar-refractivity contribution < 1.29 is 19.0 Å². The molecule has 0 aromatic heterocycles. The van der Waals surface area contributed by atoms with Crippen LogP contribution in [-0.2, 0) is 4.79 Å². The minimum absolute atomic E-state index is 0.0397. The molecule has 1 saturated heterocycles. The molecule has 1 fully saturated rings. The lowest BCUT2D eigenvalue weighted by atomic mass is 9.88. The number of likely N-dealkylation sites (tertiary alicyclic amines) is 1. The van der Waals surface area contributed by atoms with E-state index in [1.807, 2.05) is 26.0 Å². The van der Waals surface area contributed by atoms with E-state index >= 15 is 0 Å². The molecule has 2 rings (SSSR count). The van der Waals surface area contributed by atoms with Gasteiger partial charge in [0.1, 0.15) is 0 Å². The third-order valence-corrected chi connectivity index (χ3v) is 5.34. The van der Waals surface area contributed by atoms with Gasteiger partial charge in [-0.05, 0) is 43.3 Å². The zero-order valence-electron chi connectivity index (χ0n) is 17.3. The maximum Gasteiger partial charge on any atom is 0.225 e. The summed E-state index contributed by atoms with van der Waals surface area (Å²) in [4.78, 5) is 14.9. The Morgan fingerprint density at radius 1 is 1.11 bits per heavy atom. The van der Waals surface area contributed by atoms with Crippen LogP contribution in [0, 0.1) is 5.92 Å². The highest BCUT2D eigenvalue weighted by atomic mass is 32.1. The molecule has 1 heterocycles. The molecule has 1 amide bonds. The second kappa shape index (κ2) is 10.4. The number of nitrogens with zero attached hydrogens (tertiary/aromatic N) is 1. The Kier molecular flexibility index (Phi) is 8.17. The number of carbonyl (C=O) groups is 1. The van der Waals surface area contributed by atoms with Gasteiger partial charge in [0.15, 0.2) is 16.6 Å². The zero-order chi connectivity index (χ0) is 20.7. The average molecular weight is 410 g/mol. The van der Waals surface area contributed by atoms with E-state index in [2.05, 4.69) is 15.5 Å². The first kappa shape index (κ1) is 22.1. The quantitative estimate of drug-likeness (QED) is 0.638. The first-order valence-corrected chi connectivity index (χ1v) is 10.0. The molecule has 1 aliphatic heterocycles. The second-order valence-corrected chi connectivity index (χ2v) is 7.09. The Labute approximate surface area is 172 Å². The summed E-state index contributed by atoms with van der Waals surface area (Å²) < 4.78 is 16.4. The number of thiocarbonyl (C=S) groups is 1. The topological polar surface area (TPSA) is 72.1 Å². The fourth-order valence-electron chi connectivity index (χ4n) is 3.53. The summed E-state index contributed by atoms with van der Waals surface area (Å²) in [5.74, 6) is 1.49. The van der Waals surface area contributed by atoms with Crippen molar-refractivity contribution in [3.8, 4) is 17.2 Å². The number of methoxy groups -OCH3 is 3. The molecule has 8 heteroatoms. The van der Waals surface area contributed by atoms with Crippen LogP contribution in [0.5, 0.6) is 17.2 Å². The van der Waals surface area contributed by atoms with Gasteiger partial charge >= 0.3 is 0 Å². The summed E-state index contributed by atoms with van der Waals surface area (Å²) in [6.07, 6.45) is 0.896. The number of rotatable bonds is 8. The molecule has 1 aliphatic rings. The minimum Gasteiger partial charge on any atom is -0.493 e. The van der Waals surface area contributed by atoms with Crippen LogP contribution >= 0.6 is 12.2 Å². The highest BCUT2D eigenvalue weighted by Crippen LogP contribution is 2.43. The van der Waals surface area contributed by atoms with Gasteiger partial charge in [0.2, 0.25) is 11.7 Å². The largest absolute Gasteiger partial charge is 0.493 e. The summed E-state index contributed by atoms with van der Waals surface area (Å²) in [5.41, 5.74) is 0.966. The highest BCUT2D eigenvalue weighted by Gasteiger charge is 2.40. The van der Waals surface area contributed by atoms with Crippen molar-refractivity contribution in [1.29, 1.82) is 0 Å². The van der Waals surface area contributed by atoms with E-state index < -0.39 is 0 Å². The molecule has 0 bridgehead atoms. The standard InChI is InChI=1S/C20H31N3O4S/c1-6-8-22-19(24)15-12-23(20(28)21-7-2)11-14(15)13-9-16(25-3)18(27-5)17(10-13)26-4/h9-10,14-15H,6-8,11-12H2,1-5H3,(H,21,28)(H,22,24)/t14-,15-/m0/s1. The molecule has 0 aliphatic carbocycles. The van der Waals surface area contributed by atoms with Crippen LogP contribution < -0.4 is 24.8 Å². The van der Waals surface area contributed by atoms with Crippen molar-refractivity contribution in [2.75, 3.05) is 47.5 Å². The number of hydrogen-bond acceptors (Lipinski definition) is 5. The molecule has 7 nitrogen and oxygen atoms in total. The van der Waals surface area contributed by atoms with Crippen LogP contribution in [-0.4, -0.2) is 63.4 Å². The Bertz CT molecular complexity index is 673. The predicted molar refractivity (Wildman–Crippen MR) is 113 cm³/mol. The maximum atomic E-state index is 12.9. The molecule has 1 aromatic rings. The molecule has 0 radical (unpaired) electrons. The van der Waals surface area contributed by atoms with E-state index in [1.54, 1.807) is 21.3 Å². The summed E-state index contributed by atoms with van der Waals surface area (Å²) in [6, 6.07) is 3.85. The van der Waals surface area contributed by atoms with Crippen molar-refractivity contribution in [2.45, 2.75) is 26.2 Å². The van der Waals surface area contributed by atoms with Gasteiger partial charge in [-0.25, -0.2) is 0 Å². The van der Waals surface area contributed by atoms with E-state index in [-0.39, 0.29) is 17.7 Å². The Morgan fingerprint density at radius 2 is 1.75 bits per heavy atom. The van der Waals surface area contributed by atoms with Gasteiger partial charge in [0, 0.05) is 32.1 Å². The lowest BCUT2D eigenvalue weighted by Crippen LogP contribution is -2.39. The first-order chi connectivity index (χ1) is 13.5. The van der Waals surface area contributed by atoms with Crippen LogP contribution in [0.3, 0.4) is 0 Å². The van der Waals surface area contributed by atoms with Crippen LogP contribution in [0.25, 0.3) is 0 Å². The van der Waals surface area contributed by atoms with E-state index in [4.69, 9.17) is 26.4 Å². The van der Waals surface area contributed by atoms with E-state index in [0.29, 0.717) is 42.0 Å². The summed E-state index contributed by atoms with van der Waals surface area (Å²) in [6.45, 7) is 6.67. The van der Waals surface area contributed by atoms with Crippen molar-refractivity contribution in [3.63, 3.8) is 0 Å². The zero-order valence-corrected chi connectivity index (χ0v) is 18.1. The number of carbonyl (C=O) groups excluding carboxylic acids is 1. The van der Waals surface area contributed by atoms with Gasteiger partial charge in [-0.2, -0.15) is 0 Å². The number of hydrogen-bond donors (Lipinski definition) is 2. The number of ether oxygens (including phenoxy) is 3. The van der Waals surface area contributed by atoms with Crippen molar-refractivity contribution in [3.05, 3.63) is 17.7 Å². The SMILES string of the molecule is CCCNC(=O)[C@H]1CN(C(=S)NCC)C[C@H]1c1cc(OC)c(OC)c(OC)c1. The number of amides is 1. The second-order valence-electron chi connectivity index (χ2n) is 6.70. The summed E-state index contributed by atoms with van der Waals surface area (Å²) in [7, 11) is 4.76. The van der Waals surface area contributed by atoms with Crippen molar-refractivity contribution in [2.24, 2.45) is 5.92 Å². The molecule has 2 atom stereocenters. The van der Waals surface area contributed by atoms with E-state index in [1.165, 1.54) is 0 Å². The predicted octanol–water partition coefficient (Wildman–Crippen LogP) is 2.15. The fourth-order valence-corrected chi connectivity index (χ4v) is 3.82. The van der Waals surface area contributed by atoms with Crippen molar-refractivity contribution >= 4 is 23.2 Å². The minimum atomic E-state index is -0.217. The average Bonchev–Trinajstić information content (AvgIpc) is 3.16. The molecular formula is C20H31N3O4S. The lowest BCUT2D eigenvalue weighted by Gasteiger charge is -2.21. The van der Waals surface area contributed by atoms with Crippen molar-refractivity contribution in [1.82, 2.24) is 15.5 Å². The van der Waals surface area contributed by atoms with E-state index in [9.17, 15) is 4.79 Å². The first-order valence-electron chi connectivity index (χ1n) is 9.60. The van der Waals surface area contributed by atoms with Gasteiger partial charge in [0.05, 0.1) is 27.2 Å². The van der Waals surface area contributed by atoms with Crippen LogP contribution in [0.1, 0.15) is 31.7 Å². The summed E-state index contributed by atoms with van der Waals surface area (Å²) in [5, 5.41) is 6.88. The molecule has 1 aromatic carbocycles.